The quantitative estimate of drug-likeness (QED) is 0.614. The van der Waals surface area contributed by atoms with Crippen LogP contribution >= 0.6 is 15.9 Å². The van der Waals surface area contributed by atoms with Crippen molar-refractivity contribution in [3.05, 3.63) is 16.4 Å². The Morgan fingerprint density at radius 2 is 1.76 bits per heavy atom. The van der Waals surface area contributed by atoms with Gasteiger partial charge in [0.15, 0.2) is 0 Å². The van der Waals surface area contributed by atoms with Crippen LogP contribution in [0, 0.1) is 17.8 Å². The van der Waals surface area contributed by atoms with Crippen molar-refractivity contribution in [2.24, 2.45) is 23.6 Å². The zero-order valence-corrected chi connectivity index (χ0v) is 15.2. The molecule has 1 aliphatic rings. The first-order chi connectivity index (χ1) is 9.95. The van der Waals surface area contributed by atoms with Crippen LogP contribution < -0.4 is 11.3 Å². The molecule has 1 saturated carbocycles. The Hall–Kier alpha value is -0.390. The predicted molar refractivity (Wildman–Crippen MR) is 90.7 cm³/mol. The molecule has 5 heteroatoms. The molecule has 120 valence electrons. The van der Waals surface area contributed by atoms with Crippen LogP contribution in [0.1, 0.15) is 71.2 Å². The number of hydrogen-bond acceptors (Lipinski definition) is 3. The van der Waals surface area contributed by atoms with Crippen molar-refractivity contribution >= 4 is 15.9 Å². The van der Waals surface area contributed by atoms with E-state index < -0.39 is 0 Å². The van der Waals surface area contributed by atoms with Gasteiger partial charge in [0, 0.05) is 6.04 Å². The van der Waals surface area contributed by atoms with Crippen LogP contribution in [0.5, 0.6) is 0 Å². The summed E-state index contributed by atoms with van der Waals surface area (Å²) in [5.74, 6) is 8.18. The van der Waals surface area contributed by atoms with E-state index >= 15 is 0 Å². The first kappa shape index (κ1) is 17.0. The summed E-state index contributed by atoms with van der Waals surface area (Å²) in [6.45, 7) is 9.00. The highest BCUT2D eigenvalue weighted by atomic mass is 79.9. The Labute approximate surface area is 137 Å². The van der Waals surface area contributed by atoms with Crippen LogP contribution in [0.3, 0.4) is 0 Å². The van der Waals surface area contributed by atoms with Gasteiger partial charge in [0.05, 0.1) is 22.4 Å². The van der Waals surface area contributed by atoms with E-state index in [1.54, 1.807) is 0 Å². The van der Waals surface area contributed by atoms with Crippen molar-refractivity contribution in [3.8, 4) is 0 Å². The van der Waals surface area contributed by atoms with Gasteiger partial charge in [-0.15, -0.1) is 0 Å². The van der Waals surface area contributed by atoms with Crippen LogP contribution in [0.2, 0.25) is 0 Å². The maximum atomic E-state index is 5.92. The smallest absolute Gasteiger partial charge is 0.0715 e. The summed E-state index contributed by atoms with van der Waals surface area (Å²) in [5.41, 5.74) is 4.26. The summed E-state index contributed by atoms with van der Waals surface area (Å²) in [7, 11) is 0. The van der Waals surface area contributed by atoms with Crippen LogP contribution in [0.15, 0.2) is 10.7 Å². The molecule has 0 radical (unpaired) electrons. The third kappa shape index (κ3) is 3.69. The third-order valence-corrected chi connectivity index (χ3v) is 5.59. The lowest BCUT2D eigenvalue weighted by molar-refractivity contribution is 0.184. The molecule has 21 heavy (non-hydrogen) atoms. The Bertz CT molecular complexity index is 447. The van der Waals surface area contributed by atoms with Crippen molar-refractivity contribution in [2.75, 3.05) is 0 Å². The number of rotatable bonds is 5. The number of halogens is 1. The highest BCUT2D eigenvalue weighted by Crippen LogP contribution is 2.41. The predicted octanol–water partition coefficient (Wildman–Crippen LogP) is 4.19. The molecule has 0 spiro atoms. The fraction of sp³-hybridized carbons (Fsp3) is 0.812. The summed E-state index contributed by atoms with van der Waals surface area (Å²) in [4.78, 5) is 0. The molecule has 0 bridgehead atoms. The van der Waals surface area contributed by atoms with Crippen LogP contribution in [0.4, 0.5) is 0 Å². The van der Waals surface area contributed by atoms with Crippen molar-refractivity contribution < 1.29 is 0 Å². The van der Waals surface area contributed by atoms with Crippen LogP contribution in [-0.2, 0) is 0 Å². The minimum absolute atomic E-state index is 0.178. The second-order valence-corrected chi connectivity index (χ2v) is 7.83. The molecule has 1 aliphatic carbocycles. The van der Waals surface area contributed by atoms with Gasteiger partial charge in [-0.2, -0.15) is 5.10 Å². The lowest BCUT2D eigenvalue weighted by atomic mass is 9.74. The first-order valence-electron chi connectivity index (χ1n) is 8.14. The molecule has 1 aromatic heterocycles. The van der Waals surface area contributed by atoms with Gasteiger partial charge in [0.25, 0.3) is 0 Å². The van der Waals surface area contributed by atoms with E-state index in [0.29, 0.717) is 12.0 Å². The van der Waals surface area contributed by atoms with Gasteiger partial charge in [-0.1, -0.05) is 13.8 Å². The van der Waals surface area contributed by atoms with E-state index in [4.69, 9.17) is 5.84 Å². The van der Waals surface area contributed by atoms with Gasteiger partial charge < -0.3 is 0 Å². The summed E-state index contributed by atoms with van der Waals surface area (Å²) < 4.78 is 3.15. The van der Waals surface area contributed by atoms with Crippen molar-refractivity contribution in [1.82, 2.24) is 15.2 Å². The molecule has 0 aliphatic heterocycles. The summed E-state index contributed by atoms with van der Waals surface area (Å²) >= 11 is 3.65. The van der Waals surface area contributed by atoms with Crippen LogP contribution in [0.25, 0.3) is 0 Å². The number of nitrogens with zero attached hydrogens (tertiary/aromatic N) is 2. The lowest BCUT2D eigenvalue weighted by Gasteiger charge is -2.35. The second-order valence-electron chi connectivity index (χ2n) is 6.98. The van der Waals surface area contributed by atoms with Crippen molar-refractivity contribution in [2.45, 2.75) is 65.5 Å². The van der Waals surface area contributed by atoms with Crippen molar-refractivity contribution in [1.29, 1.82) is 0 Å². The molecule has 4 nitrogen and oxygen atoms in total. The Morgan fingerprint density at radius 1 is 1.19 bits per heavy atom. The number of hydrogen-bond donors (Lipinski definition) is 2. The fourth-order valence-electron chi connectivity index (χ4n) is 3.64. The molecule has 1 unspecified atom stereocenters. The molecule has 0 aromatic carbocycles. The average Bonchev–Trinajstić information content (AvgIpc) is 2.83. The minimum Gasteiger partial charge on any atom is -0.271 e. The van der Waals surface area contributed by atoms with Crippen LogP contribution in [-0.4, -0.2) is 9.78 Å². The van der Waals surface area contributed by atoms with Gasteiger partial charge in [0.1, 0.15) is 0 Å². The first-order valence-corrected chi connectivity index (χ1v) is 8.94. The third-order valence-electron chi connectivity index (χ3n) is 4.98. The second kappa shape index (κ2) is 7.25. The molecule has 0 saturated heterocycles. The topological polar surface area (TPSA) is 55.9 Å². The number of nitrogens with one attached hydrogen (secondary N) is 1. The molecule has 1 heterocycles. The van der Waals surface area contributed by atoms with E-state index in [9.17, 15) is 0 Å². The normalized spacial score (nSPS) is 24.8. The van der Waals surface area contributed by atoms with Gasteiger partial charge in [-0.05, 0) is 73.2 Å². The van der Waals surface area contributed by atoms with E-state index in [2.05, 4.69) is 58.8 Å². The number of hydrazine groups is 1. The zero-order chi connectivity index (χ0) is 15.6. The van der Waals surface area contributed by atoms with E-state index in [-0.39, 0.29) is 6.04 Å². The summed E-state index contributed by atoms with van der Waals surface area (Å²) in [6.07, 6.45) is 7.00. The molecule has 1 aromatic rings. The Morgan fingerprint density at radius 3 is 2.24 bits per heavy atom. The van der Waals surface area contributed by atoms with Gasteiger partial charge in [-0.25, -0.2) is 0 Å². The van der Waals surface area contributed by atoms with Crippen molar-refractivity contribution in [3.63, 3.8) is 0 Å². The molecular weight excluding hydrogens is 328 g/mol. The Kier molecular flexibility index (Phi) is 5.86. The molecule has 1 atom stereocenters. The highest BCUT2D eigenvalue weighted by Gasteiger charge is 2.32. The summed E-state index contributed by atoms with van der Waals surface area (Å²) in [6, 6.07) is 0.520. The van der Waals surface area contributed by atoms with E-state index in [1.165, 1.54) is 31.4 Å². The van der Waals surface area contributed by atoms with Gasteiger partial charge >= 0.3 is 0 Å². The molecular formula is C16H29BrN4. The van der Waals surface area contributed by atoms with E-state index in [1.807, 2.05) is 6.20 Å². The SMILES string of the molecule is CC(C)C1CCC(C(NN)c2c(Br)cnn2C(C)C)CC1. The van der Waals surface area contributed by atoms with Gasteiger partial charge in [0.2, 0.25) is 0 Å². The lowest BCUT2D eigenvalue weighted by Crippen LogP contribution is -2.37. The monoisotopic (exact) mass is 356 g/mol. The highest BCUT2D eigenvalue weighted by molar-refractivity contribution is 9.10. The number of aromatic nitrogens is 2. The molecule has 3 N–H and O–H groups in total. The zero-order valence-electron chi connectivity index (χ0n) is 13.6. The fourth-order valence-corrected chi connectivity index (χ4v) is 4.16. The average molecular weight is 357 g/mol. The summed E-state index contributed by atoms with van der Waals surface area (Å²) in [5, 5.41) is 4.50. The Balaban J connectivity index is 2.16. The minimum atomic E-state index is 0.178. The molecule has 0 amide bonds. The standard InChI is InChI=1S/C16H29BrN4/c1-10(2)12-5-7-13(8-6-12)15(20-18)16-14(17)9-19-21(16)11(3)4/h9-13,15,20H,5-8,18H2,1-4H3. The number of nitrogens with two attached hydrogens (primary N) is 1. The molecule has 2 rings (SSSR count). The van der Waals surface area contributed by atoms with E-state index in [0.717, 1.165) is 16.3 Å². The largest absolute Gasteiger partial charge is 0.271 e. The maximum Gasteiger partial charge on any atom is 0.0715 e. The van der Waals surface area contributed by atoms with Gasteiger partial charge in [-0.3, -0.25) is 16.0 Å². The maximum absolute atomic E-state index is 5.92. The molecule has 1 fully saturated rings.